The highest BCUT2D eigenvalue weighted by Crippen LogP contribution is 2.39. The van der Waals surface area contributed by atoms with Gasteiger partial charge in [-0.2, -0.15) is 0 Å². The number of rotatable bonds is 5. The summed E-state index contributed by atoms with van der Waals surface area (Å²) in [6.07, 6.45) is 6.81. The van der Waals surface area contributed by atoms with Crippen molar-refractivity contribution in [2.75, 3.05) is 50.8 Å². The Bertz CT molecular complexity index is 843. The smallest absolute Gasteiger partial charge is 0.261 e. The van der Waals surface area contributed by atoms with Crippen LogP contribution < -0.4 is 10.2 Å². The van der Waals surface area contributed by atoms with Gasteiger partial charge in [-0.05, 0) is 31.4 Å². The lowest BCUT2D eigenvalue weighted by Crippen LogP contribution is -2.42. The number of morpholine rings is 1. The number of amides is 2. The van der Waals surface area contributed by atoms with E-state index in [-0.39, 0.29) is 18.4 Å². The quantitative estimate of drug-likeness (QED) is 0.813. The average molecular weight is 415 g/mol. The van der Waals surface area contributed by atoms with Gasteiger partial charge in [0.15, 0.2) is 0 Å². The standard InChI is InChI=1S/C21H26N4O3S/c26-19(24-7-2-1-3-8-24)15-23-20(27)18-13-17(16-5-4-6-22-14-16)21(29-18)25-9-11-28-12-10-25/h4-6,13-14H,1-3,7-12,15H2,(H,23,27). The van der Waals surface area contributed by atoms with Gasteiger partial charge < -0.3 is 19.9 Å². The molecule has 2 aromatic rings. The van der Waals surface area contributed by atoms with E-state index in [1.807, 2.05) is 29.3 Å². The van der Waals surface area contributed by atoms with Gasteiger partial charge in [0.25, 0.3) is 5.91 Å². The Labute approximate surface area is 174 Å². The molecule has 2 aliphatic rings. The normalized spacial score (nSPS) is 17.2. The number of hydrogen-bond donors (Lipinski definition) is 1. The Hall–Kier alpha value is -2.45. The second-order valence-electron chi connectivity index (χ2n) is 7.29. The van der Waals surface area contributed by atoms with Crippen LogP contribution in [0.5, 0.6) is 0 Å². The lowest BCUT2D eigenvalue weighted by Gasteiger charge is -2.28. The number of carbonyl (C=O) groups excluding carboxylic acids is 2. The molecule has 7 nitrogen and oxygen atoms in total. The monoisotopic (exact) mass is 414 g/mol. The van der Waals surface area contributed by atoms with Crippen molar-refractivity contribution in [1.29, 1.82) is 0 Å². The van der Waals surface area contributed by atoms with Crippen LogP contribution in [0, 0.1) is 0 Å². The maximum atomic E-state index is 12.8. The molecule has 29 heavy (non-hydrogen) atoms. The topological polar surface area (TPSA) is 74.8 Å². The fourth-order valence-electron chi connectivity index (χ4n) is 3.72. The minimum absolute atomic E-state index is 0.00417. The summed E-state index contributed by atoms with van der Waals surface area (Å²) >= 11 is 1.46. The van der Waals surface area contributed by atoms with Crippen molar-refractivity contribution < 1.29 is 14.3 Å². The second-order valence-corrected chi connectivity index (χ2v) is 8.33. The van der Waals surface area contributed by atoms with E-state index in [1.54, 1.807) is 6.20 Å². The van der Waals surface area contributed by atoms with Gasteiger partial charge in [-0.25, -0.2) is 0 Å². The van der Waals surface area contributed by atoms with E-state index in [0.29, 0.717) is 18.1 Å². The van der Waals surface area contributed by atoms with E-state index in [9.17, 15) is 9.59 Å². The summed E-state index contributed by atoms with van der Waals surface area (Å²) in [6, 6.07) is 5.81. The van der Waals surface area contributed by atoms with E-state index < -0.39 is 0 Å². The van der Waals surface area contributed by atoms with Gasteiger partial charge in [-0.1, -0.05) is 6.07 Å². The van der Waals surface area contributed by atoms with Crippen molar-refractivity contribution in [3.63, 3.8) is 0 Å². The third-order valence-corrected chi connectivity index (χ3v) is 6.51. The molecule has 154 valence electrons. The minimum Gasteiger partial charge on any atom is -0.378 e. The van der Waals surface area contributed by atoms with Crippen molar-refractivity contribution in [1.82, 2.24) is 15.2 Å². The number of pyridine rings is 1. The zero-order chi connectivity index (χ0) is 20.1. The number of thiophene rings is 1. The molecule has 0 aliphatic carbocycles. The predicted octanol–water partition coefficient (Wildman–Crippen LogP) is 2.39. The first-order valence-corrected chi connectivity index (χ1v) is 11.0. The number of ether oxygens (including phenoxy) is 1. The van der Waals surface area contributed by atoms with Crippen LogP contribution in [0.3, 0.4) is 0 Å². The summed E-state index contributed by atoms with van der Waals surface area (Å²) in [5.74, 6) is -0.208. The molecule has 1 N–H and O–H groups in total. The van der Waals surface area contributed by atoms with Crippen LogP contribution in [0.4, 0.5) is 5.00 Å². The molecule has 0 spiro atoms. The van der Waals surface area contributed by atoms with Gasteiger partial charge in [-0.15, -0.1) is 11.3 Å². The maximum Gasteiger partial charge on any atom is 0.261 e. The fraction of sp³-hybridized carbons (Fsp3) is 0.476. The van der Waals surface area contributed by atoms with Gasteiger partial charge in [0, 0.05) is 49.7 Å². The molecular weight excluding hydrogens is 388 g/mol. The number of anilines is 1. The highest BCUT2D eigenvalue weighted by molar-refractivity contribution is 7.18. The van der Waals surface area contributed by atoms with Crippen molar-refractivity contribution >= 4 is 28.2 Å². The largest absolute Gasteiger partial charge is 0.378 e. The first kappa shape index (κ1) is 19.8. The SMILES string of the molecule is O=C(NCC(=O)N1CCCCC1)c1cc(-c2cccnc2)c(N2CCOCC2)s1. The Morgan fingerprint density at radius 1 is 1.14 bits per heavy atom. The Balaban J connectivity index is 1.50. The van der Waals surface area contributed by atoms with Gasteiger partial charge in [0.1, 0.15) is 0 Å². The summed E-state index contributed by atoms with van der Waals surface area (Å²) in [7, 11) is 0. The first-order chi connectivity index (χ1) is 14.2. The minimum atomic E-state index is -0.204. The molecule has 0 unspecified atom stereocenters. The molecule has 8 heteroatoms. The molecule has 0 bridgehead atoms. The van der Waals surface area contributed by atoms with Crippen LogP contribution in [0.15, 0.2) is 30.6 Å². The molecule has 2 aromatic heterocycles. The maximum absolute atomic E-state index is 12.8. The molecule has 4 heterocycles. The first-order valence-electron chi connectivity index (χ1n) is 10.2. The van der Waals surface area contributed by atoms with Gasteiger partial charge >= 0.3 is 0 Å². The summed E-state index contributed by atoms with van der Waals surface area (Å²) in [5.41, 5.74) is 1.98. The van der Waals surface area contributed by atoms with E-state index in [1.165, 1.54) is 17.8 Å². The number of likely N-dealkylation sites (tertiary alicyclic amines) is 1. The second kappa shape index (κ2) is 9.37. The van der Waals surface area contributed by atoms with Crippen molar-refractivity contribution in [3.8, 4) is 11.1 Å². The third-order valence-electron chi connectivity index (χ3n) is 5.32. The molecular formula is C21H26N4O3S. The molecule has 0 saturated carbocycles. The number of nitrogens with one attached hydrogen (secondary N) is 1. The van der Waals surface area contributed by atoms with E-state index in [2.05, 4.69) is 15.2 Å². The van der Waals surface area contributed by atoms with E-state index in [0.717, 1.165) is 55.1 Å². The van der Waals surface area contributed by atoms with Crippen molar-refractivity contribution in [2.45, 2.75) is 19.3 Å². The summed E-state index contributed by atoms with van der Waals surface area (Å²) in [6.45, 7) is 4.57. The molecule has 0 atom stereocenters. The van der Waals surface area contributed by atoms with E-state index >= 15 is 0 Å². The Kier molecular flexibility index (Phi) is 6.41. The van der Waals surface area contributed by atoms with Crippen LogP contribution in [0.25, 0.3) is 11.1 Å². The average Bonchev–Trinajstić information content (AvgIpc) is 3.25. The molecule has 0 radical (unpaired) electrons. The zero-order valence-electron chi connectivity index (χ0n) is 16.4. The Morgan fingerprint density at radius 3 is 2.66 bits per heavy atom. The van der Waals surface area contributed by atoms with Gasteiger partial charge in [0.2, 0.25) is 5.91 Å². The number of hydrogen-bond acceptors (Lipinski definition) is 6. The predicted molar refractivity (Wildman–Crippen MR) is 113 cm³/mol. The van der Waals surface area contributed by atoms with Gasteiger partial charge in [-0.3, -0.25) is 14.6 Å². The number of aromatic nitrogens is 1. The van der Waals surface area contributed by atoms with Crippen molar-refractivity contribution in [2.24, 2.45) is 0 Å². The van der Waals surface area contributed by atoms with Crippen molar-refractivity contribution in [3.05, 3.63) is 35.5 Å². The highest BCUT2D eigenvalue weighted by Gasteiger charge is 2.23. The lowest BCUT2D eigenvalue weighted by molar-refractivity contribution is -0.130. The molecule has 2 fully saturated rings. The van der Waals surface area contributed by atoms with Crippen LogP contribution in [0.2, 0.25) is 0 Å². The van der Waals surface area contributed by atoms with E-state index in [4.69, 9.17) is 4.74 Å². The fourth-order valence-corrected chi connectivity index (χ4v) is 4.87. The van der Waals surface area contributed by atoms with Crippen LogP contribution in [0.1, 0.15) is 28.9 Å². The highest BCUT2D eigenvalue weighted by atomic mass is 32.1. The zero-order valence-corrected chi connectivity index (χ0v) is 17.2. The lowest BCUT2D eigenvalue weighted by atomic mass is 10.1. The number of carbonyl (C=O) groups is 2. The van der Waals surface area contributed by atoms with Crippen LogP contribution in [-0.4, -0.2) is 67.6 Å². The Morgan fingerprint density at radius 2 is 1.93 bits per heavy atom. The molecule has 2 saturated heterocycles. The summed E-state index contributed by atoms with van der Waals surface area (Å²) in [5, 5.41) is 3.86. The summed E-state index contributed by atoms with van der Waals surface area (Å²) < 4.78 is 5.47. The number of nitrogens with zero attached hydrogens (tertiary/aromatic N) is 3. The molecule has 0 aromatic carbocycles. The number of piperidine rings is 1. The van der Waals surface area contributed by atoms with Crippen LogP contribution in [-0.2, 0) is 9.53 Å². The molecule has 2 amide bonds. The molecule has 2 aliphatic heterocycles. The third kappa shape index (κ3) is 4.76. The van der Waals surface area contributed by atoms with Gasteiger partial charge in [0.05, 0.1) is 29.6 Å². The summed E-state index contributed by atoms with van der Waals surface area (Å²) in [4.78, 5) is 34.1. The molecule has 4 rings (SSSR count). The van der Waals surface area contributed by atoms with Crippen LogP contribution >= 0.6 is 11.3 Å².